The standard InChI is InChI=1S/C17H24N4/c1-10(2)13-6-8-14(9-7-13)19-17-12(5)15(18)20-16(21-17)11(3)4/h6-11H,1-5H3,(H3,18,19,20,21). The average molecular weight is 284 g/mol. The number of hydrogen-bond donors (Lipinski definition) is 2. The third-order valence-electron chi connectivity index (χ3n) is 3.56. The maximum absolute atomic E-state index is 5.99. The van der Waals surface area contributed by atoms with Gasteiger partial charge in [0.05, 0.1) is 0 Å². The first-order valence-corrected chi connectivity index (χ1v) is 7.39. The molecule has 4 nitrogen and oxygen atoms in total. The van der Waals surface area contributed by atoms with Gasteiger partial charge in [0, 0.05) is 17.2 Å². The number of nitrogens with two attached hydrogens (primary N) is 1. The highest BCUT2D eigenvalue weighted by Crippen LogP contribution is 2.25. The summed E-state index contributed by atoms with van der Waals surface area (Å²) in [5, 5.41) is 3.34. The van der Waals surface area contributed by atoms with Gasteiger partial charge < -0.3 is 11.1 Å². The van der Waals surface area contributed by atoms with Crippen LogP contribution in [0.2, 0.25) is 0 Å². The molecule has 1 aromatic carbocycles. The molecule has 0 saturated heterocycles. The summed E-state index contributed by atoms with van der Waals surface area (Å²) in [6.45, 7) is 10.4. The van der Waals surface area contributed by atoms with Crippen LogP contribution in [0.3, 0.4) is 0 Å². The number of anilines is 3. The van der Waals surface area contributed by atoms with E-state index in [2.05, 4.69) is 67.2 Å². The van der Waals surface area contributed by atoms with Crippen molar-refractivity contribution in [1.82, 2.24) is 9.97 Å². The van der Waals surface area contributed by atoms with Gasteiger partial charge in [-0.15, -0.1) is 0 Å². The first kappa shape index (κ1) is 15.3. The molecule has 1 aromatic heterocycles. The van der Waals surface area contributed by atoms with Crippen LogP contribution in [0.25, 0.3) is 0 Å². The van der Waals surface area contributed by atoms with Gasteiger partial charge in [0.15, 0.2) is 0 Å². The zero-order valence-electron chi connectivity index (χ0n) is 13.4. The van der Waals surface area contributed by atoms with E-state index < -0.39 is 0 Å². The molecule has 21 heavy (non-hydrogen) atoms. The largest absolute Gasteiger partial charge is 0.383 e. The summed E-state index contributed by atoms with van der Waals surface area (Å²) in [6.07, 6.45) is 0. The topological polar surface area (TPSA) is 63.8 Å². The number of benzene rings is 1. The number of aromatic nitrogens is 2. The van der Waals surface area contributed by atoms with E-state index in [4.69, 9.17) is 5.73 Å². The lowest BCUT2D eigenvalue weighted by atomic mass is 10.0. The van der Waals surface area contributed by atoms with E-state index in [0.29, 0.717) is 11.7 Å². The average Bonchev–Trinajstić information content (AvgIpc) is 2.44. The van der Waals surface area contributed by atoms with Crippen molar-refractivity contribution in [3.63, 3.8) is 0 Å². The molecule has 2 rings (SSSR count). The highest BCUT2D eigenvalue weighted by molar-refractivity contribution is 5.63. The highest BCUT2D eigenvalue weighted by Gasteiger charge is 2.11. The van der Waals surface area contributed by atoms with Crippen molar-refractivity contribution in [3.05, 3.63) is 41.2 Å². The fourth-order valence-electron chi connectivity index (χ4n) is 2.02. The van der Waals surface area contributed by atoms with E-state index >= 15 is 0 Å². The normalized spacial score (nSPS) is 11.2. The predicted molar refractivity (Wildman–Crippen MR) is 89.1 cm³/mol. The third kappa shape index (κ3) is 3.51. The molecule has 0 aliphatic heterocycles. The van der Waals surface area contributed by atoms with Crippen molar-refractivity contribution in [2.45, 2.75) is 46.5 Å². The van der Waals surface area contributed by atoms with Crippen LogP contribution in [-0.2, 0) is 0 Å². The van der Waals surface area contributed by atoms with Gasteiger partial charge in [0.2, 0.25) is 0 Å². The van der Waals surface area contributed by atoms with Crippen LogP contribution in [0.5, 0.6) is 0 Å². The van der Waals surface area contributed by atoms with Crippen LogP contribution in [0.1, 0.15) is 56.5 Å². The molecule has 0 aliphatic rings. The van der Waals surface area contributed by atoms with Crippen molar-refractivity contribution in [3.8, 4) is 0 Å². The Morgan fingerprint density at radius 2 is 1.57 bits per heavy atom. The number of rotatable bonds is 4. The van der Waals surface area contributed by atoms with Crippen molar-refractivity contribution in [1.29, 1.82) is 0 Å². The van der Waals surface area contributed by atoms with Crippen molar-refractivity contribution in [2.24, 2.45) is 0 Å². The lowest BCUT2D eigenvalue weighted by Gasteiger charge is -2.14. The van der Waals surface area contributed by atoms with Crippen LogP contribution in [0.4, 0.5) is 17.3 Å². The number of nitrogen functional groups attached to an aromatic ring is 1. The molecule has 0 spiro atoms. The van der Waals surface area contributed by atoms with Crippen LogP contribution in [0, 0.1) is 6.92 Å². The van der Waals surface area contributed by atoms with Gasteiger partial charge in [-0.1, -0.05) is 39.8 Å². The SMILES string of the molecule is Cc1c(N)nc(C(C)C)nc1Nc1ccc(C(C)C)cc1. The molecule has 0 aliphatic carbocycles. The van der Waals surface area contributed by atoms with Crippen molar-refractivity contribution < 1.29 is 0 Å². The Morgan fingerprint density at radius 3 is 2.10 bits per heavy atom. The van der Waals surface area contributed by atoms with Crippen molar-refractivity contribution >= 4 is 17.3 Å². The summed E-state index contributed by atoms with van der Waals surface area (Å²) in [5.74, 6) is 2.86. The summed E-state index contributed by atoms with van der Waals surface area (Å²) in [6, 6.07) is 8.41. The second-order valence-electron chi connectivity index (χ2n) is 6.00. The van der Waals surface area contributed by atoms with E-state index in [1.165, 1.54) is 5.56 Å². The van der Waals surface area contributed by atoms with E-state index in [0.717, 1.165) is 22.9 Å². The molecule has 0 radical (unpaired) electrons. The molecule has 112 valence electrons. The minimum Gasteiger partial charge on any atom is -0.383 e. The summed E-state index contributed by atoms with van der Waals surface area (Å²) < 4.78 is 0. The Labute approximate surface area is 126 Å². The molecule has 0 atom stereocenters. The molecule has 1 heterocycles. The zero-order chi connectivity index (χ0) is 15.6. The first-order valence-electron chi connectivity index (χ1n) is 7.39. The lowest BCUT2D eigenvalue weighted by molar-refractivity contribution is 0.776. The second-order valence-corrected chi connectivity index (χ2v) is 6.00. The van der Waals surface area contributed by atoms with Gasteiger partial charge in [-0.3, -0.25) is 0 Å². The van der Waals surface area contributed by atoms with Gasteiger partial charge in [-0.25, -0.2) is 9.97 Å². The third-order valence-corrected chi connectivity index (χ3v) is 3.56. The Balaban J connectivity index is 2.30. The molecule has 2 aromatic rings. The van der Waals surface area contributed by atoms with Crippen LogP contribution in [0.15, 0.2) is 24.3 Å². The fraction of sp³-hybridized carbons (Fsp3) is 0.412. The molecule has 0 bridgehead atoms. The minimum absolute atomic E-state index is 0.247. The van der Waals surface area contributed by atoms with Gasteiger partial charge >= 0.3 is 0 Å². The molecule has 0 fully saturated rings. The Kier molecular flexibility index (Phi) is 4.46. The zero-order valence-corrected chi connectivity index (χ0v) is 13.4. The first-order chi connectivity index (χ1) is 9.88. The maximum atomic E-state index is 5.99. The Hall–Kier alpha value is -2.10. The molecule has 3 N–H and O–H groups in total. The predicted octanol–water partition coefficient (Wildman–Crippen LogP) is 4.36. The second kappa shape index (κ2) is 6.12. The summed E-state index contributed by atoms with van der Waals surface area (Å²) >= 11 is 0. The van der Waals surface area contributed by atoms with Gasteiger partial charge in [-0.2, -0.15) is 0 Å². The lowest BCUT2D eigenvalue weighted by Crippen LogP contribution is -2.08. The molecule has 0 amide bonds. The molecule has 0 unspecified atom stereocenters. The molecular weight excluding hydrogens is 260 g/mol. The molecular formula is C17H24N4. The van der Waals surface area contributed by atoms with Gasteiger partial charge in [0.1, 0.15) is 17.5 Å². The van der Waals surface area contributed by atoms with Crippen LogP contribution >= 0.6 is 0 Å². The van der Waals surface area contributed by atoms with E-state index in [1.54, 1.807) is 0 Å². The molecule has 4 heteroatoms. The number of nitrogens with zero attached hydrogens (tertiary/aromatic N) is 2. The van der Waals surface area contributed by atoms with E-state index in [9.17, 15) is 0 Å². The van der Waals surface area contributed by atoms with Crippen LogP contribution < -0.4 is 11.1 Å². The monoisotopic (exact) mass is 284 g/mol. The van der Waals surface area contributed by atoms with Crippen LogP contribution in [-0.4, -0.2) is 9.97 Å². The molecule has 0 saturated carbocycles. The maximum Gasteiger partial charge on any atom is 0.139 e. The van der Waals surface area contributed by atoms with Crippen molar-refractivity contribution in [2.75, 3.05) is 11.1 Å². The Bertz CT molecular complexity index is 615. The minimum atomic E-state index is 0.247. The van der Waals surface area contributed by atoms with E-state index in [-0.39, 0.29) is 5.92 Å². The van der Waals surface area contributed by atoms with E-state index in [1.807, 2.05) is 6.92 Å². The smallest absolute Gasteiger partial charge is 0.139 e. The highest BCUT2D eigenvalue weighted by atomic mass is 15.1. The summed E-state index contributed by atoms with van der Waals surface area (Å²) in [7, 11) is 0. The number of hydrogen-bond acceptors (Lipinski definition) is 4. The summed E-state index contributed by atoms with van der Waals surface area (Å²) in [5.41, 5.74) is 9.20. The van der Waals surface area contributed by atoms with Gasteiger partial charge in [0.25, 0.3) is 0 Å². The number of nitrogens with one attached hydrogen (secondary N) is 1. The summed E-state index contributed by atoms with van der Waals surface area (Å²) in [4.78, 5) is 8.92. The quantitative estimate of drug-likeness (QED) is 0.875. The fourth-order valence-corrected chi connectivity index (χ4v) is 2.02. The Morgan fingerprint density at radius 1 is 0.952 bits per heavy atom. The van der Waals surface area contributed by atoms with Gasteiger partial charge in [-0.05, 0) is 30.5 Å².